The van der Waals surface area contributed by atoms with E-state index in [4.69, 9.17) is 4.42 Å². The van der Waals surface area contributed by atoms with Crippen LogP contribution in [0, 0.1) is 5.92 Å². The maximum atomic E-state index is 12.7. The molecule has 0 spiro atoms. The second-order valence-corrected chi connectivity index (χ2v) is 9.12. The number of nitrogens with zero attached hydrogens (tertiary/aromatic N) is 2. The van der Waals surface area contributed by atoms with E-state index in [1.807, 2.05) is 5.38 Å². The van der Waals surface area contributed by atoms with Crippen molar-refractivity contribution in [3.05, 3.63) is 58.9 Å². The molecule has 1 N–H and O–H groups in total. The minimum Gasteiger partial charge on any atom is -0.459 e. The van der Waals surface area contributed by atoms with Crippen LogP contribution in [0.5, 0.6) is 0 Å². The maximum absolute atomic E-state index is 12.7. The summed E-state index contributed by atoms with van der Waals surface area (Å²) in [4.78, 5) is 31.5. The van der Waals surface area contributed by atoms with Crippen molar-refractivity contribution in [3.63, 3.8) is 0 Å². The number of amides is 2. The van der Waals surface area contributed by atoms with Gasteiger partial charge in [0.1, 0.15) is 0 Å². The Hall–Kier alpha value is -2.93. The van der Waals surface area contributed by atoms with E-state index in [2.05, 4.69) is 28.5 Å². The van der Waals surface area contributed by atoms with Gasteiger partial charge in [-0.15, -0.1) is 11.3 Å². The zero-order chi connectivity index (χ0) is 21.2. The van der Waals surface area contributed by atoms with Crippen molar-refractivity contribution in [2.45, 2.75) is 38.5 Å². The van der Waals surface area contributed by atoms with Crippen LogP contribution in [0.4, 0.5) is 5.13 Å². The fraction of sp³-hybridized carbons (Fsp3) is 0.375. The monoisotopic (exact) mass is 435 g/mol. The highest BCUT2D eigenvalue weighted by Gasteiger charge is 2.29. The lowest BCUT2D eigenvalue weighted by atomic mass is 9.90. The van der Waals surface area contributed by atoms with Gasteiger partial charge < -0.3 is 14.6 Å². The van der Waals surface area contributed by atoms with Gasteiger partial charge in [0.2, 0.25) is 5.91 Å². The largest absolute Gasteiger partial charge is 0.459 e. The number of fused-ring (bicyclic) bond motifs is 1. The Morgan fingerprint density at radius 2 is 1.90 bits per heavy atom. The Bertz CT molecular complexity index is 1080. The summed E-state index contributed by atoms with van der Waals surface area (Å²) in [6.07, 6.45) is 7.61. The summed E-state index contributed by atoms with van der Waals surface area (Å²) in [5, 5.41) is 5.62. The molecule has 1 fully saturated rings. The number of hydrogen-bond donors (Lipinski definition) is 1. The van der Waals surface area contributed by atoms with Crippen LogP contribution in [0.3, 0.4) is 0 Å². The number of likely N-dealkylation sites (tertiary alicyclic amines) is 1. The molecule has 6 nitrogen and oxygen atoms in total. The van der Waals surface area contributed by atoms with Crippen molar-refractivity contribution in [2.24, 2.45) is 5.92 Å². The van der Waals surface area contributed by atoms with Crippen LogP contribution in [-0.2, 0) is 17.6 Å². The molecule has 1 aliphatic heterocycles. The quantitative estimate of drug-likeness (QED) is 0.640. The Morgan fingerprint density at radius 1 is 1.10 bits per heavy atom. The molecule has 2 aromatic heterocycles. The van der Waals surface area contributed by atoms with E-state index in [9.17, 15) is 9.59 Å². The zero-order valence-corrected chi connectivity index (χ0v) is 18.1. The van der Waals surface area contributed by atoms with Gasteiger partial charge in [-0.25, -0.2) is 4.98 Å². The molecule has 1 saturated heterocycles. The minimum atomic E-state index is -0.114. The van der Waals surface area contributed by atoms with Gasteiger partial charge in [0.15, 0.2) is 10.9 Å². The number of aromatic nitrogens is 1. The highest BCUT2D eigenvalue weighted by molar-refractivity contribution is 7.14. The summed E-state index contributed by atoms with van der Waals surface area (Å²) < 4.78 is 5.19. The normalized spacial score (nSPS) is 16.7. The lowest BCUT2D eigenvalue weighted by Crippen LogP contribution is -2.41. The molecule has 2 amide bonds. The number of rotatable bonds is 4. The van der Waals surface area contributed by atoms with Crippen molar-refractivity contribution in [2.75, 3.05) is 18.4 Å². The van der Waals surface area contributed by atoms with E-state index in [0.29, 0.717) is 36.8 Å². The number of nitrogens with one attached hydrogen (secondary N) is 1. The van der Waals surface area contributed by atoms with Gasteiger partial charge in [-0.1, -0.05) is 12.1 Å². The van der Waals surface area contributed by atoms with Gasteiger partial charge >= 0.3 is 0 Å². The molecule has 0 bridgehead atoms. The molecule has 3 aromatic rings. The van der Waals surface area contributed by atoms with Crippen LogP contribution in [0.25, 0.3) is 11.3 Å². The van der Waals surface area contributed by atoms with Gasteiger partial charge in [-0.2, -0.15) is 0 Å². The van der Waals surface area contributed by atoms with Gasteiger partial charge in [-0.05, 0) is 67.9 Å². The van der Waals surface area contributed by atoms with E-state index in [1.54, 1.807) is 17.0 Å². The summed E-state index contributed by atoms with van der Waals surface area (Å²) in [5.74, 6) is 0.104. The second kappa shape index (κ2) is 8.67. The summed E-state index contributed by atoms with van der Waals surface area (Å²) in [5.41, 5.74) is 4.91. The number of carbonyl (C=O) groups is 2. The predicted octanol–water partition coefficient (Wildman–Crippen LogP) is 4.77. The number of furan rings is 1. The SMILES string of the molecule is O=C(Nc1nc(-c2ccc3c(c2)CCCC3)cs1)C1CCN(C(=O)c2ccco2)CC1. The first kappa shape index (κ1) is 20.0. The number of benzene rings is 1. The smallest absolute Gasteiger partial charge is 0.289 e. The first-order valence-electron chi connectivity index (χ1n) is 10.9. The molecule has 0 radical (unpaired) electrons. The van der Waals surface area contributed by atoms with E-state index >= 15 is 0 Å². The van der Waals surface area contributed by atoms with E-state index in [-0.39, 0.29) is 17.7 Å². The van der Waals surface area contributed by atoms with Crippen molar-refractivity contribution >= 4 is 28.3 Å². The molecule has 5 rings (SSSR count). The predicted molar refractivity (Wildman–Crippen MR) is 120 cm³/mol. The molecule has 31 heavy (non-hydrogen) atoms. The third-order valence-corrected chi connectivity index (χ3v) is 7.02. The first-order chi connectivity index (χ1) is 15.2. The second-order valence-electron chi connectivity index (χ2n) is 8.26. The fourth-order valence-corrected chi connectivity index (χ4v) is 5.19. The molecular formula is C24H25N3O3S. The van der Waals surface area contributed by atoms with Crippen LogP contribution in [0.2, 0.25) is 0 Å². The molecule has 1 aliphatic carbocycles. The highest BCUT2D eigenvalue weighted by Crippen LogP contribution is 2.30. The molecule has 0 atom stereocenters. The Morgan fingerprint density at radius 3 is 2.68 bits per heavy atom. The number of thiazole rings is 1. The molecule has 1 aromatic carbocycles. The van der Waals surface area contributed by atoms with Gasteiger partial charge in [-0.3, -0.25) is 9.59 Å². The lowest BCUT2D eigenvalue weighted by molar-refractivity contribution is -0.121. The summed E-state index contributed by atoms with van der Waals surface area (Å²) in [7, 11) is 0. The first-order valence-corrected chi connectivity index (χ1v) is 11.8. The van der Waals surface area contributed by atoms with Gasteiger partial charge in [0, 0.05) is 30.0 Å². The van der Waals surface area contributed by atoms with Crippen molar-refractivity contribution in [1.82, 2.24) is 9.88 Å². The third kappa shape index (κ3) is 4.28. The lowest BCUT2D eigenvalue weighted by Gasteiger charge is -2.30. The number of piperidine rings is 1. The summed E-state index contributed by atoms with van der Waals surface area (Å²) >= 11 is 1.46. The highest BCUT2D eigenvalue weighted by atomic mass is 32.1. The topological polar surface area (TPSA) is 75.4 Å². The van der Waals surface area contributed by atoms with Gasteiger partial charge in [0.25, 0.3) is 5.91 Å². The summed E-state index contributed by atoms with van der Waals surface area (Å²) in [6.45, 7) is 1.10. The molecule has 2 aliphatic rings. The number of hydrogen-bond acceptors (Lipinski definition) is 5. The van der Waals surface area contributed by atoms with Gasteiger partial charge in [0.05, 0.1) is 12.0 Å². The molecule has 160 valence electrons. The number of aryl methyl sites for hydroxylation is 2. The van der Waals surface area contributed by atoms with E-state index in [0.717, 1.165) is 17.7 Å². The van der Waals surface area contributed by atoms with Crippen LogP contribution < -0.4 is 5.32 Å². The molecule has 7 heteroatoms. The van der Waals surface area contributed by atoms with Crippen LogP contribution in [0.15, 0.2) is 46.4 Å². The zero-order valence-electron chi connectivity index (χ0n) is 17.3. The van der Waals surface area contributed by atoms with Crippen molar-refractivity contribution in [1.29, 1.82) is 0 Å². The Kier molecular flexibility index (Phi) is 5.59. The molecular weight excluding hydrogens is 410 g/mol. The van der Waals surface area contributed by atoms with Crippen molar-refractivity contribution in [3.8, 4) is 11.3 Å². The molecule has 0 unspecified atom stereocenters. The average molecular weight is 436 g/mol. The maximum Gasteiger partial charge on any atom is 0.289 e. The van der Waals surface area contributed by atoms with E-state index < -0.39 is 0 Å². The Labute approximate surface area is 185 Å². The fourth-order valence-electron chi connectivity index (χ4n) is 4.46. The van der Waals surface area contributed by atoms with Crippen LogP contribution in [-0.4, -0.2) is 34.8 Å². The molecule has 3 heterocycles. The van der Waals surface area contributed by atoms with Crippen LogP contribution in [0.1, 0.15) is 47.4 Å². The Balaban J connectivity index is 1.18. The van der Waals surface area contributed by atoms with Crippen LogP contribution >= 0.6 is 11.3 Å². The minimum absolute atomic E-state index is 0.0172. The summed E-state index contributed by atoms with van der Waals surface area (Å²) in [6, 6.07) is 9.99. The number of carbonyl (C=O) groups excluding carboxylic acids is 2. The van der Waals surface area contributed by atoms with Crippen molar-refractivity contribution < 1.29 is 14.0 Å². The third-order valence-electron chi connectivity index (χ3n) is 6.26. The average Bonchev–Trinajstić information content (AvgIpc) is 3.51. The number of anilines is 1. The standard InChI is InChI=1S/C24H25N3O3S/c28-22(17-9-11-27(12-10-17)23(29)21-6-3-13-30-21)26-24-25-20(15-31-24)19-8-7-16-4-1-2-5-18(16)14-19/h3,6-8,13-15,17H,1-2,4-5,9-12H2,(H,25,26,28). The molecule has 0 saturated carbocycles. The van der Waals surface area contributed by atoms with E-state index in [1.165, 1.54) is 48.0 Å².